The van der Waals surface area contributed by atoms with Crippen LogP contribution in [0.5, 0.6) is 11.5 Å². The Morgan fingerprint density at radius 3 is 2.64 bits per heavy atom. The fourth-order valence-corrected chi connectivity index (χ4v) is 2.40. The molecule has 0 spiro atoms. The van der Waals surface area contributed by atoms with Crippen molar-refractivity contribution in [3.63, 3.8) is 0 Å². The van der Waals surface area contributed by atoms with Gasteiger partial charge in [0, 0.05) is 6.08 Å². The van der Waals surface area contributed by atoms with E-state index < -0.39 is 24.3 Å². The molecule has 0 aliphatic carbocycles. The monoisotopic (exact) mass is 407 g/mol. The van der Waals surface area contributed by atoms with Gasteiger partial charge in [0.2, 0.25) is 0 Å². The predicted octanol–water partition coefficient (Wildman–Crippen LogP) is 4.08. The standard InChI is InChI=1S/C20H19ClFNO5/c1-3-27-17-8-4-13(10-18(17)26-2)5-9-20(25)28-12-19(24)23-16-7-6-14(22)11-15(16)21/h4-11H,3,12H2,1-2H3,(H,23,24)/b9-5+. The summed E-state index contributed by atoms with van der Waals surface area (Å²) in [5.41, 5.74) is 0.918. The molecule has 0 aliphatic rings. The smallest absolute Gasteiger partial charge is 0.331 e. The Kier molecular flexibility index (Phi) is 7.83. The summed E-state index contributed by atoms with van der Waals surface area (Å²) in [6, 6.07) is 8.72. The number of nitrogens with one attached hydrogen (secondary N) is 1. The van der Waals surface area contributed by atoms with Crippen LogP contribution in [0.15, 0.2) is 42.5 Å². The lowest BCUT2D eigenvalue weighted by Gasteiger charge is -2.09. The van der Waals surface area contributed by atoms with E-state index in [9.17, 15) is 14.0 Å². The van der Waals surface area contributed by atoms with Crippen molar-refractivity contribution in [3.8, 4) is 11.5 Å². The highest BCUT2D eigenvalue weighted by Gasteiger charge is 2.09. The van der Waals surface area contributed by atoms with E-state index in [0.717, 1.165) is 12.1 Å². The summed E-state index contributed by atoms with van der Waals surface area (Å²) in [6.45, 7) is 1.86. The number of esters is 1. The molecule has 0 heterocycles. The molecule has 2 aromatic rings. The van der Waals surface area contributed by atoms with Gasteiger partial charge in [0.1, 0.15) is 5.82 Å². The molecule has 0 unspecified atom stereocenters. The molecule has 1 amide bonds. The van der Waals surface area contributed by atoms with Gasteiger partial charge < -0.3 is 19.5 Å². The molecule has 0 radical (unpaired) electrons. The molecule has 8 heteroatoms. The zero-order valence-electron chi connectivity index (χ0n) is 15.3. The van der Waals surface area contributed by atoms with E-state index >= 15 is 0 Å². The van der Waals surface area contributed by atoms with Crippen molar-refractivity contribution >= 4 is 35.2 Å². The summed E-state index contributed by atoms with van der Waals surface area (Å²) in [5, 5.41) is 2.48. The Morgan fingerprint density at radius 1 is 1.18 bits per heavy atom. The summed E-state index contributed by atoms with van der Waals surface area (Å²) in [5.74, 6) is -0.689. The van der Waals surface area contributed by atoms with E-state index in [-0.39, 0.29) is 10.7 Å². The normalized spacial score (nSPS) is 10.6. The number of hydrogen-bond acceptors (Lipinski definition) is 5. The maximum atomic E-state index is 13.0. The molecular weight excluding hydrogens is 389 g/mol. The molecule has 28 heavy (non-hydrogen) atoms. The molecule has 0 bridgehead atoms. The van der Waals surface area contributed by atoms with Crippen LogP contribution in [-0.2, 0) is 14.3 Å². The minimum absolute atomic E-state index is 0.0454. The molecule has 1 N–H and O–H groups in total. The highest BCUT2D eigenvalue weighted by molar-refractivity contribution is 6.33. The van der Waals surface area contributed by atoms with Gasteiger partial charge in [-0.3, -0.25) is 4.79 Å². The van der Waals surface area contributed by atoms with Gasteiger partial charge in [-0.1, -0.05) is 17.7 Å². The van der Waals surface area contributed by atoms with E-state index in [1.165, 1.54) is 25.3 Å². The first-order valence-electron chi connectivity index (χ1n) is 8.33. The van der Waals surface area contributed by atoms with Crippen LogP contribution in [0, 0.1) is 5.82 Å². The second-order valence-electron chi connectivity index (χ2n) is 5.46. The number of carbonyl (C=O) groups is 2. The first kappa shape index (κ1) is 21.2. The topological polar surface area (TPSA) is 73.9 Å². The average Bonchev–Trinajstić information content (AvgIpc) is 2.68. The van der Waals surface area contributed by atoms with Crippen LogP contribution in [0.4, 0.5) is 10.1 Å². The maximum Gasteiger partial charge on any atom is 0.331 e. The number of amides is 1. The Bertz CT molecular complexity index is 885. The number of benzene rings is 2. The SMILES string of the molecule is CCOc1ccc(/C=C/C(=O)OCC(=O)Nc2ccc(F)cc2Cl)cc1OC. The molecule has 0 saturated carbocycles. The molecule has 2 aromatic carbocycles. The van der Waals surface area contributed by atoms with Crippen LogP contribution in [-0.4, -0.2) is 32.2 Å². The number of halogens is 2. The van der Waals surface area contributed by atoms with Gasteiger partial charge in [-0.2, -0.15) is 0 Å². The first-order valence-corrected chi connectivity index (χ1v) is 8.71. The van der Waals surface area contributed by atoms with E-state index in [0.29, 0.717) is 23.7 Å². The highest BCUT2D eigenvalue weighted by Crippen LogP contribution is 2.28. The number of methoxy groups -OCH3 is 1. The molecule has 0 fully saturated rings. The second kappa shape index (κ2) is 10.3. The summed E-state index contributed by atoms with van der Waals surface area (Å²) in [4.78, 5) is 23.6. The maximum absolute atomic E-state index is 13.0. The molecular formula is C20H19ClFNO5. The highest BCUT2D eigenvalue weighted by atomic mass is 35.5. The van der Waals surface area contributed by atoms with Crippen molar-refractivity contribution in [3.05, 3.63) is 58.9 Å². The lowest BCUT2D eigenvalue weighted by Crippen LogP contribution is -2.20. The van der Waals surface area contributed by atoms with E-state index in [1.807, 2.05) is 6.92 Å². The Hall–Kier alpha value is -3.06. The molecule has 6 nitrogen and oxygen atoms in total. The fourth-order valence-electron chi connectivity index (χ4n) is 2.19. The summed E-state index contributed by atoms with van der Waals surface area (Å²) < 4.78 is 28.5. The number of carbonyl (C=O) groups excluding carboxylic acids is 2. The van der Waals surface area contributed by atoms with Crippen molar-refractivity contribution in [2.45, 2.75) is 6.92 Å². The van der Waals surface area contributed by atoms with Gasteiger partial charge in [0.25, 0.3) is 5.91 Å². The number of hydrogen-bond donors (Lipinski definition) is 1. The third kappa shape index (κ3) is 6.28. The van der Waals surface area contributed by atoms with Crippen LogP contribution in [0.25, 0.3) is 6.08 Å². The predicted molar refractivity (Wildman–Crippen MR) is 104 cm³/mol. The van der Waals surface area contributed by atoms with Crippen LogP contribution >= 0.6 is 11.6 Å². The molecule has 0 aliphatic heterocycles. The summed E-state index contributed by atoms with van der Waals surface area (Å²) in [7, 11) is 1.52. The zero-order valence-corrected chi connectivity index (χ0v) is 16.1. The van der Waals surface area contributed by atoms with Gasteiger partial charge in [0.15, 0.2) is 18.1 Å². The molecule has 2 rings (SSSR count). The average molecular weight is 408 g/mol. The van der Waals surface area contributed by atoms with E-state index in [2.05, 4.69) is 5.32 Å². The number of anilines is 1. The summed E-state index contributed by atoms with van der Waals surface area (Å²) in [6.07, 6.45) is 2.71. The molecule has 148 valence electrons. The quantitative estimate of drug-likeness (QED) is 0.527. The van der Waals surface area contributed by atoms with Crippen LogP contribution in [0.2, 0.25) is 5.02 Å². The fraction of sp³-hybridized carbons (Fsp3) is 0.200. The number of ether oxygens (including phenoxy) is 3. The molecule has 0 atom stereocenters. The minimum atomic E-state index is -0.701. The lowest BCUT2D eigenvalue weighted by molar-refractivity contribution is -0.142. The Labute approximate surface area is 166 Å². The molecule has 0 saturated heterocycles. The third-order valence-corrected chi connectivity index (χ3v) is 3.76. The second-order valence-corrected chi connectivity index (χ2v) is 5.86. The summed E-state index contributed by atoms with van der Waals surface area (Å²) >= 11 is 5.82. The van der Waals surface area contributed by atoms with Crippen LogP contribution < -0.4 is 14.8 Å². The van der Waals surface area contributed by atoms with Crippen LogP contribution in [0.1, 0.15) is 12.5 Å². The van der Waals surface area contributed by atoms with Crippen molar-refractivity contribution in [1.29, 1.82) is 0 Å². The van der Waals surface area contributed by atoms with Gasteiger partial charge in [-0.05, 0) is 48.9 Å². The van der Waals surface area contributed by atoms with Crippen molar-refractivity contribution in [2.24, 2.45) is 0 Å². The largest absolute Gasteiger partial charge is 0.493 e. The van der Waals surface area contributed by atoms with E-state index in [1.54, 1.807) is 18.2 Å². The van der Waals surface area contributed by atoms with Crippen molar-refractivity contribution < 1.29 is 28.2 Å². The van der Waals surface area contributed by atoms with Gasteiger partial charge in [-0.15, -0.1) is 0 Å². The van der Waals surface area contributed by atoms with Gasteiger partial charge in [-0.25, -0.2) is 9.18 Å². The third-order valence-electron chi connectivity index (χ3n) is 3.45. The van der Waals surface area contributed by atoms with Gasteiger partial charge >= 0.3 is 5.97 Å². The lowest BCUT2D eigenvalue weighted by atomic mass is 10.2. The van der Waals surface area contributed by atoms with Gasteiger partial charge in [0.05, 0.1) is 24.4 Å². The Balaban J connectivity index is 1.88. The van der Waals surface area contributed by atoms with Crippen molar-refractivity contribution in [1.82, 2.24) is 0 Å². The van der Waals surface area contributed by atoms with E-state index in [4.69, 9.17) is 25.8 Å². The Morgan fingerprint density at radius 2 is 1.96 bits per heavy atom. The minimum Gasteiger partial charge on any atom is -0.493 e. The zero-order chi connectivity index (χ0) is 20.5. The first-order chi connectivity index (χ1) is 13.4. The van der Waals surface area contributed by atoms with Crippen molar-refractivity contribution in [2.75, 3.05) is 25.6 Å². The number of rotatable bonds is 8. The molecule has 0 aromatic heterocycles. The van der Waals surface area contributed by atoms with Crippen LogP contribution in [0.3, 0.4) is 0 Å².